The van der Waals surface area contributed by atoms with Gasteiger partial charge in [0.05, 0.1) is 4.90 Å². The highest BCUT2D eigenvalue weighted by Crippen LogP contribution is 2.26. The first-order valence-corrected chi connectivity index (χ1v) is 10.2. The van der Waals surface area contributed by atoms with Gasteiger partial charge >= 0.3 is 0 Å². The number of halogens is 1. The van der Waals surface area contributed by atoms with Gasteiger partial charge in [0.15, 0.2) is 0 Å². The number of rotatable bonds is 4. The molecule has 27 heavy (non-hydrogen) atoms. The number of benzene rings is 3. The lowest BCUT2D eigenvalue weighted by molar-refractivity contribution is 0.599. The van der Waals surface area contributed by atoms with E-state index in [1.165, 1.54) is 23.3 Å². The van der Waals surface area contributed by atoms with E-state index in [9.17, 15) is 12.8 Å². The number of sulfonamides is 1. The van der Waals surface area contributed by atoms with Crippen molar-refractivity contribution in [2.45, 2.75) is 17.9 Å². The summed E-state index contributed by atoms with van der Waals surface area (Å²) in [6.45, 7) is 1.77. The molecule has 0 bridgehead atoms. The van der Waals surface area contributed by atoms with Crippen molar-refractivity contribution in [3.8, 4) is 0 Å². The molecule has 1 aliphatic heterocycles. The van der Waals surface area contributed by atoms with E-state index in [4.69, 9.17) is 0 Å². The van der Waals surface area contributed by atoms with Gasteiger partial charge in [-0.2, -0.15) is 0 Å². The molecule has 0 atom stereocenters. The molecule has 0 saturated heterocycles. The van der Waals surface area contributed by atoms with E-state index in [2.05, 4.69) is 33.9 Å². The van der Waals surface area contributed by atoms with Crippen LogP contribution in [0, 0.1) is 5.82 Å². The van der Waals surface area contributed by atoms with Crippen molar-refractivity contribution in [2.24, 2.45) is 0 Å². The Morgan fingerprint density at radius 2 is 1.52 bits per heavy atom. The van der Waals surface area contributed by atoms with Crippen LogP contribution in [0.5, 0.6) is 0 Å². The van der Waals surface area contributed by atoms with Gasteiger partial charge in [-0.15, -0.1) is 0 Å². The largest absolute Gasteiger partial charge is 0.367 e. The lowest BCUT2D eigenvalue weighted by Gasteiger charge is -2.30. The number of hydrogen-bond donors (Lipinski definition) is 1. The van der Waals surface area contributed by atoms with E-state index in [1.54, 1.807) is 12.1 Å². The zero-order valence-electron chi connectivity index (χ0n) is 14.6. The normalized spacial score (nSPS) is 13.9. The molecule has 4 rings (SSSR count). The summed E-state index contributed by atoms with van der Waals surface area (Å²) in [5, 5.41) is 0. The molecule has 0 radical (unpaired) electrons. The SMILES string of the molecule is O=S(=O)(Nc1ccc(N2CCc3ccccc3C2)cc1)c1ccc(F)cc1. The van der Waals surface area contributed by atoms with Crippen molar-refractivity contribution in [2.75, 3.05) is 16.2 Å². The zero-order valence-corrected chi connectivity index (χ0v) is 15.4. The summed E-state index contributed by atoms with van der Waals surface area (Å²) in [5.41, 5.74) is 4.23. The maximum Gasteiger partial charge on any atom is 0.261 e. The monoisotopic (exact) mass is 382 g/mol. The van der Waals surface area contributed by atoms with Gasteiger partial charge in [0.1, 0.15) is 5.82 Å². The van der Waals surface area contributed by atoms with E-state index in [-0.39, 0.29) is 4.90 Å². The summed E-state index contributed by atoms with van der Waals surface area (Å²) in [6, 6.07) is 20.5. The van der Waals surface area contributed by atoms with Crippen LogP contribution >= 0.6 is 0 Å². The molecule has 1 N–H and O–H groups in total. The highest BCUT2D eigenvalue weighted by molar-refractivity contribution is 7.92. The summed E-state index contributed by atoms with van der Waals surface area (Å²) in [7, 11) is -3.74. The Bertz CT molecular complexity index is 1050. The number of nitrogens with one attached hydrogen (secondary N) is 1. The Labute approximate surface area is 158 Å². The predicted molar refractivity (Wildman–Crippen MR) is 105 cm³/mol. The molecule has 0 unspecified atom stereocenters. The first-order chi connectivity index (χ1) is 13.0. The molecule has 3 aromatic carbocycles. The predicted octanol–water partition coefficient (Wildman–Crippen LogP) is 4.19. The molecular weight excluding hydrogens is 363 g/mol. The minimum Gasteiger partial charge on any atom is -0.367 e. The fourth-order valence-corrected chi connectivity index (χ4v) is 4.34. The smallest absolute Gasteiger partial charge is 0.261 e. The highest BCUT2D eigenvalue weighted by Gasteiger charge is 2.17. The minimum absolute atomic E-state index is 0.0283. The number of nitrogens with zero attached hydrogens (tertiary/aromatic N) is 1. The topological polar surface area (TPSA) is 49.4 Å². The Hall–Kier alpha value is -2.86. The Morgan fingerprint density at radius 1 is 0.852 bits per heavy atom. The molecule has 0 saturated carbocycles. The first kappa shape index (κ1) is 17.5. The lowest BCUT2D eigenvalue weighted by atomic mass is 9.99. The third-order valence-electron chi connectivity index (χ3n) is 4.74. The van der Waals surface area contributed by atoms with Crippen LogP contribution in [0.15, 0.2) is 77.7 Å². The number of anilines is 2. The van der Waals surface area contributed by atoms with E-state index in [0.717, 1.165) is 37.3 Å². The molecule has 6 heteroatoms. The standard InChI is InChI=1S/C21H19FN2O2S/c22-18-5-11-21(12-6-18)27(25,26)23-19-7-9-20(10-8-19)24-14-13-16-3-1-2-4-17(16)15-24/h1-12,23H,13-15H2. The Balaban J connectivity index is 1.49. The van der Waals surface area contributed by atoms with Gasteiger partial charge in [0, 0.05) is 24.5 Å². The van der Waals surface area contributed by atoms with Crippen molar-refractivity contribution >= 4 is 21.4 Å². The van der Waals surface area contributed by atoms with Gasteiger partial charge in [-0.3, -0.25) is 4.72 Å². The van der Waals surface area contributed by atoms with Crippen molar-refractivity contribution in [3.63, 3.8) is 0 Å². The number of hydrogen-bond acceptors (Lipinski definition) is 3. The van der Waals surface area contributed by atoms with Crippen molar-refractivity contribution in [3.05, 3.63) is 89.7 Å². The van der Waals surface area contributed by atoms with Crippen LogP contribution in [-0.2, 0) is 23.0 Å². The Morgan fingerprint density at radius 3 is 2.22 bits per heavy atom. The second kappa shape index (κ2) is 7.04. The molecule has 1 heterocycles. The van der Waals surface area contributed by atoms with E-state index < -0.39 is 15.8 Å². The van der Waals surface area contributed by atoms with Gasteiger partial charge in [0.25, 0.3) is 10.0 Å². The molecule has 0 aliphatic carbocycles. The molecule has 0 spiro atoms. The van der Waals surface area contributed by atoms with E-state index in [1.807, 2.05) is 12.1 Å². The van der Waals surface area contributed by atoms with Crippen LogP contribution in [0.2, 0.25) is 0 Å². The Kier molecular flexibility index (Phi) is 4.58. The quantitative estimate of drug-likeness (QED) is 0.736. The summed E-state index contributed by atoms with van der Waals surface area (Å²) in [5.74, 6) is -0.471. The summed E-state index contributed by atoms with van der Waals surface area (Å²) in [6.07, 6.45) is 0.995. The third-order valence-corrected chi connectivity index (χ3v) is 6.14. The third kappa shape index (κ3) is 3.80. The molecule has 0 fully saturated rings. The van der Waals surface area contributed by atoms with Crippen LogP contribution in [0.3, 0.4) is 0 Å². The van der Waals surface area contributed by atoms with Crippen LogP contribution < -0.4 is 9.62 Å². The molecule has 138 valence electrons. The van der Waals surface area contributed by atoms with Crippen LogP contribution in [-0.4, -0.2) is 15.0 Å². The van der Waals surface area contributed by atoms with Gasteiger partial charge in [0.2, 0.25) is 0 Å². The second-order valence-corrected chi connectivity index (χ2v) is 8.23. The molecule has 0 aromatic heterocycles. The molecule has 0 amide bonds. The van der Waals surface area contributed by atoms with Crippen LogP contribution in [0.25, 0.3) is 0 Å². The first-order valence-electron chi connectivity index (χ1n) is 8.71. The van der Waals surface area contributed by atoms with Gasteiger partial charge < -0.3 is 4.90 Å². The van der Waals surface area contributed by atoms with E-state index >= 15 is 0 Å². The molecular formula is C21H19FN2O2S. The fraction of sp³-hybridized carbons (Fsp3) is 0.143. The molecule has 1 aliphatic rings. The molecule has 4 nitrogen and oxygen atoms in total. The fourth-order valence-electron chi connectivity index (χ4n) is 3.28. The van der Waals surface area contributed by atoms with Gasteiger partial charge in [-0.25, -0.2) is 12.8 Å². The maximum atomic E-state index is 13.0. The average Bonchev–Trinajstić information content (AvgIpc) is 2.68. The number of fused-ring (bicyclic) bond motifs is 1. The van der Waals surface area contributed by atoms with Gasteiger partial charge in [-0.05, 0) is 66.1 Å². The molecule has 3 aromatic rings. The van der Waals surface area contributed by atoms with E-state index in [0.29, 0.717) is 5.69 Å². The summed E-state index contributed by atoms with van der Waals surface area (Å²) in [4.78, 5) is 2.31. The van der Waals surface area contributed by atoms with Crippen molar-refractivity contribution in [1.29, 1.82) is 0 Å². The average molecular weight is 382 g/mol. The summed E-state index contributed by atoms with van der Waals surface area (Å²) >= 11 is 0. The maximum absolute atomic E-state index is 13.0. The lowest BCUT2D eigenvalue weighted by Crippen LogP contribution is -2.30. The minimum atomic E-state index is -3.74. The highest BCUT2D eigenvalue weighted by atomic mass is 32.2. The second-order valence-electron chi connectivity index (χ2n) is 6.55. The van der Waals surface area contributed by atoms with Crippen molar-refractivity contribution in [1.82, 2.24) is 0 Å². The van der Waals surface area contributed by atoms with Gasteiger partial charge in [-0.1, -0.05) is 24.3 Å². The van der Waals surface area contributed by atoms with Crippen molar-refractivity contribution < 1.29 is 12.8 Å². The summed E-state index contributed by atoms with van der Waals surface area (Å²) < 4.78 is 40.3. The zero-order chi connectivity index (χ0) is 18.9. The van der Waals surface area contributed by atoms with Crippen LogP contribution in [0.1, 0.15) is 11.1 Å². The van der Waals surface area contributed by atoms with Crippen LogP contribution in [0.4, 0.5) is 15.8 Å².